The third kappa shape index (κ3) is 9.39. The van der Waals surface area contributed by atoms with Crippen LogP contribution in [0.1, 0.15) is 51.4 Å². The number of anilines is 2. The fourth-order valence-electron chi connectivity index (χ4n) is 5.45. The summed E-state index contributed by atoms with van der Waals surface area (Å²) < 4.78 is 25.9. The van der Waals surface area contributed by atoms with E-state index in [9.17, 15) is 9.00 Å². The number of unbranched alkanes of at least 4 members (excludes halogenated alkanes) is 1. The maximum Gasteiger partial charge on any atom is 0.251 e. The highest BCUT2D eigenvalue weighted by atomic mass is 32.2. The summed E-state index contributed by atoms with van der Waals surface area (Å²) in [6.07, 6.45) is 6.29. The number of amides is 1. The molecule has 1 aliphatic heterocycles. The lowest BCUT2D eigenvalue weighted by atomic mass is 10.00. The summed E-state index contributed by atoms with van der Waals surface area (Å²) in [5, 5.41) is 7.10. The van der Waals surface area contributed by atoms with Crippen molar-refractivity contribution in [1.82, 2.24) is 14.8 Å². The summed E-state index contributed by atoms with van der Waals surface area (Å²) in [5.74, 6) is 2.08. The van der Waals surface area contributed by atoms with Gasteiger partial charge in [-0.1, -0.05) is 45.4 Å². The van der Waals surface area contributed by atoms with Crippen LogP contribution in [0.3, 0.4) is 0 Å². The van der Waals surface area contributed by atoms with E-state index in [0.717, 1.165) is 66.2 Å². The molecular weight excluding hydrogens is 611 g/mol. The third-order valence-electron chi connectivity index (χ3n) is 7.99. The summed E-state index contributed by atoms with van der Waals surface area (Å²) in [6, 6.07) is 21.8. The number of ether oxygens (including phenoxy) is 2. The lowest BCUT2D eigenvalue weighted by Gasteiger charge is -2.27. The van der Waals surface area contributed by atoms with Gasteiger partial charge in [0.1, 0.15) is 24.5 Å². The Morgan fingerprint density at radius 2 is 1.77 bits per heavy atom. The van der Waals surface area contributed by atoms with Crippen molar-refractivity contribution >= 4 is 34.2 Å². The van der Waals surface area contributed by atoms with Crippen LogP contribution in [0, 0.1) is 5.92 Å². The standard InChI is InChI=1S/C37H45N5O4S/c1-5-6-19-45-20-21-46-33-12-7-28(8-13-33)29-9-16-35-31(22-29)23-30(17-18-42(35)24-27(2)3)37(43)40-32-10-14-34(15-11-32)47(44)25-36-38-26-39-41(36)4/h7-16,22-23,26-27H,5-6,17-21,24-25H2,1-4H3,(H,40,43). The molecule has 9 nitrogen and oxygen atoms in total. The fourth-order valence-corrected chi connectivity index (χ4v) is 6.55. The normalized spacial score (nSPS) is 13.6. The first-order valence-electron chi connectivity index (χ1n) is 16.3. The van der Waals surface area contributed by atoms with Gasteiger partial charge < -0.3 is 19.7 Å². The summed E-state index contributed by atoms with van der Waals surface area (Å²) in [6.45, 7) is 10.1. The van der Waals surface area contributed by atoms with Crippen LogP contribution in [0.5, 0.6) is 5.75 Å². The molecule has 1 aromatic heterocycles. The summed E-state index contributed by atoms with van der Waals surface area (Å²) in [4.78, 5) is 20.8. The predicted molar refractivity (Wildman–Crippen MR) is 189 cm³/mol. The van der Waals surface area contributed by atoms with Crippen molar-refractivity contribution in [3.63, 3.8) is 0 Å². The fraction of sp³-hybridized carbons (Fsp3) is 0.378. The molecule has 1 atom stereocenters. The number of aryl methyl sites for hydroxylation is 1. The van der Waals surface area contributed by atoms with E-state index in [-0.39, 0.29) is 11.7 Å². The number of nitrogens with one attached hydrogen (secondary N) is 1. The zero-order valence-corrected chi connectivity index (χ0v) is 28.6. The van der Waals surface area contributed by atoms with Crippen molar-refractivity contribution < 1.29 is 18.5 Å². The molecule has 1 unspecified atom stereocenters. The summed E-state index contributed by atoms with van der Waals surface area (Å²) in [7, 11) is 0.507. The minimum absolute atomic E-state index is 0.138. The van der Waals surface area contributed by atoms with Gasteiger partial charge in [-0.3, -0.25) is 13.7 Å². The number of hydrogen-bond donors (Lipinski definition) is 1. The van der Waals surface area contributed by atoms with E-state index in [4.69, 9.17) is 9.47 Å². The van der Waals surface area contributed by atoms with Crippen molar-refractivity contribution in [3.8, 4) is 16.9 Å². The Bertz CT molecular complexity index is 1680. The molecule has 1 N–H and O–H groups in total. The molecule has 1 aliphatic rings. The molecule has 248 valence electrons. The van der Waals surface area contributed by atoms with Gasteiger partial charge in [-0.05, 0) is 90.1 Å². The Labute approximate surface area is 280 Å². The van der Waals surface area contributed by atoms with Crippen molar-refractivity contribution in [1.29, 1.82) is 0 Å². The van der Waals surface area contributed by atoms with Crippen LogP contribution in [0.2, 0.25) is 0 Å². The number of hydrogen-bond acceptors (Lipinski definition) is 7. The Balaban J connectivity index is 1.29. The zero-order valence-electron chi connectivity index (χ0n) is 27.8. The van der Waals surface area contributed by atoms with Gasteiger partial charge in [0.15, 0.2) is 0 Å². The van der Waals surface area contributed by atoms with Crippen LogP contribution in [0.25, 0.3) is 17.2 Å². The van der Waals surface area contributed by atoms with Crippen LogP contribution >= 0.6 is 0 Å². The van der Waals surface area contributed by atoms with Gasteiger partial charge in [0.2, 0.25) is 0 Å². The highest BCUT2D eigenvalue weighted by Gasteiger charge is 2.21. The first-order valence-corrected chi connectivity index (χ1v) is 17.7. The van der Waals surface area contributed by atoms with E-state index >= 15 is 0 Å². The SMILES string of the molecule is CCCCOCCOc1ccc(-c2ccc3c(c2)C=C(C(=O)Nc2ccc(S(=O)Cc4ncnn4C)cc2)CCN3CC(C)C)cc1. The predicted octanol–water partition coefficient (Wildman–Crippen LogP) is 6.87. The van der Waals surface area contributed by atoms with Crippen LogP contribution in [0.15, 0.2) is 83.5 Å². The van der Waals surface area contributed by atoms with Gasteiger partial charge in [0.05, 0.1) is 23.2 Å². The van der Waals surface area contributed by atoms with Crippen LogP contribution in [0.4, 0.5) is 11.4 Å². The van der Waals surface area contributed by atoms with Crippen molar-refractivity contribution in [2.45, 2.75) is 50.7 Å². The highest BCUT2D eigenvalue weighted by Crippen LogP contribution is 2.34. The monoisotopic (exact) mass is 655 g/mol. The Hall–Kier alpha value is -4.28. The Kier molecular flexibility index (Phi) is 12.0. The second kappa shape index (κ2) is 16.5. The lowest BCUT2D eigenvalue weighted by Crippen LogP contribution is -2.29. The largest absolute Gasteiger partial charge is 0.491 e. The summed E-state index contributed by atoms with van der Waals surface area (Å²) >= 11 is 0. The first-order chi connectivity index (χ1) is 22.8. The van der Waals surface area contributed by atoms with Gasteiger partial charge >= 0.3 is 0 Å². The number of carbonyl (C=O) groups excluding carboxylic acids is 1. The van der Waals surface area contributed by atoms with E-state index in [1.807, 2.05) is 18.2 Å². The van der Waals surface area contributed by atoms with Gasteiger partial charge in [-0.2, -0.15) is 5.10 Å². The quantitative estimate of drug-likeness (QED) is 0.140. The molecule has 0 saturated heterocycles. The van der Waals surface area contributed by atoms with Crippen molar-refractivity contribution in [3.05, 3.63) is 90.0 Å². The smallest absolute Gasteiger partial charge is 0.251 e. The van der Waals surface area contributed by atoms with E-state index < -0.39 is 10.8 Å². The number of benzene rings is 3. The molecule has 0 bridgehead atoms. The summed E-state index contributed by atoms with van der Waals surface area (Å²) in [5.41, 5.74) is 5.67. The maximum atomic E-state index is 13.6. The molecule has 47 heavy (non-hydrogen) atoms. The van der Waals surface area contributed by atoms with E-state index in [2.05, 4.69) is 71.4 Å². The zero-order chi connectivity index (χ0) is 33.2. The van der Waals surface area contributed by atoms with E-state index in [1.165, 1.54) is 6.33 Å². The topological polar surface area (TPSA) is 98.6 Å². The molecule has 0 aliphatic carbocycles. The Morgan fingerprint density at radius 3 is 2.47 bits per heavy atom. The van der Waals surface area contributed by atoms with Gasteiger partial charge in [0.25, 0.3) is 5.91 Å². The average molecular weight is 656 g/mol. The maximum absolute atomic E-state index is 13.6. The molecule has 3 aromatic carbocycles. The Morgan fingerprint density at radius 1 is 1.00 bits per heavy atom. The molecular formula is C37H45N5O4S. The van der Waals surface area contributed by atoms with Gasteiger partial charge in [0, 0.05) is 48.6 Å². The number of rotatable bonds is 15. The first kappa shape index (κ1) is 34.1. The van der Waals surface area contributed by atoms with Gasteiger partial charge in [-0.25, -0.2) is 4.98 Å². The number of fused-ring (bicyclic) bond motifs is 1. The van der Waals surface area contributed by atoms with Crippen LogP contribution in [-0.4, -0.2) is 57.8 Å². The molecule has 0 saturated carbocycles. The number of aromatic nitrogens is 3. The highest BCUT2D eigenvalue weighted by molar-refractivity contribution is 7.84. The molecule has 0 radical (unpaired) electrons. The molecule has 5 rings (SSSR count). The molecule has 0 fully saturated rings. The molecule has 0 spiro atoms. The second-order valence-corrected chi connectivity index (χ2v) is 13.6. The average Bonchev–Trinajstić information content (AvgIpc) is 3.38. The third-order valence-corrected chi connectivity index (χ3v) is 9.31. The minimum Gasteiger partial charge on any atom is -0.491 e. The second-order valence-electron chi connectivity index (χ2n) is 12.1. The lowest BCUT2D eigenvalue weighted by molar-refractivity contribution is -0.112. The molecule has 4 aromatic rings. The van der Waals surface area contributed by atoms with Crippen LogP contribution in [-0.2, 0) is 33.1 Å². The number of nitrogens with zero attached hydrogens (tertiary/aromatic N) is 4. The van der Waals surface area contributed by atoms with E-state index in [1.54, 1.807) is 36.0 Å². The van der Waals surface area contributed by atoms with E-state index in [0.29, 0.717) is 42.0 Å². The molecule has 1 amide bonds. The van der Waals surface area contributed by atoms with Gasteiger partial charge in [-0.15, -0.1) is 0 Å². The molecule has 10 heteroatoms. The number of carbonyl (C=O) groups is 1. The van der Waals surface area contributed by atoms with Crippen molar-refractivity contribution in [2.75, 3.05) is 43.1 Å². The molecule has 2 heterocycles. The van der Waals surface area contributed by atoms with Crippen LogP contribution < -0.4 is 15.0 Å². The minimum atomic E-state index is -1.27. The van der Waals surface area contributed by atoms with Crippen molar-refractivity contribution in [2.24, 2.45) is 13.0 Å².